The normalized spacial score (nSPS) is 34.8. The summed E-state index contributed by atoms with van der Waals surface area (Å²) in [4.78, 5) is 0. The Morgan fingerprint density at radius 3 is 2.59 bits per heavy atom. The Hall–Kier alpha value is -1.00. The van der Waals surface area contributed by atoms with Crippen molar-refractivity contribution in [2.24, 2.45) is 17.3 Å². The molecule has 3 rings (SSSR count). The molecule has 0 saturated heterocycles. The lowest BCUT2D eigenvalue weighted by atomic mass is 9.70. The molecule has 2 heteroatoms. The Labute approximate surface area is 107 Å². The first-order valence-electron chi connectivity index (χ1n) is 6.37. The molecule has 0 radical (unpaired) electrons. The quantitative estimate of drug-likeness (QED) is 0.766. The highest BCUT2D eigenvalue weighted by Crippen LogP contribution is 2.56. The average Bonchev–Trinajstić information content (AvgIpc) is 2.93. The second kappa shape index (κ2) is 4.03. The van der Waals surface area contributed by atoms with Gasteiger partial charge in [0.25, 0.3) is 0 Å². The molecule has 2 bridgehead atoms. The predicted molar refractivity (Wildman–Crippen MR) is 68.7 cm³/mol. The van der Waals surface area contributed by atoms with Crippen LogP contribution in [0.25, 0.3) is 0 Å². The molecule has 0 aromatic heterocycles. The third kappa shape index (κ3) is 1.85. The minimum atomic E-state index is -0.0866. The van der Waals surface area contributed by atoms with E-state index in [2.05, 4.69) is 18.2 Å². The molecule has 0 amide bonds. The summed E-state index contributed by atoms with van der Waals surface area (Å²) in [6.45, 7) is 0. The van der Waals surface area contributed by atoms with Gasteiger partial charge in [-0.25, -0.2) is 0 Å². The van der Waals surface area contributed by atoms with Gasteiger partial charge in [-0.05, 0) is 55.2 Å². The zero-order chi connectivity index (χ0) is 11.9. The summed E-state index contributed by atoms with van der Waals surface area (Å²) in [5.41, 5.74) is 1.17. The highest BCUT2D eigenvalue weighted by Gasteiger charge is 2.51. The first-order valence-corrected chi connectivity index (χ1v) is 6.75. The summed E-state index contributed by atoms with van der Waals surface area (Å²) in [5.74, 6) is 1.44. The number of rotatable bonds is 2. The smallest absolute Gasteiger partial charge is 0.0696 e. The first-order chi connectivity index (χ1) is 8.22. The molecule has 2 aliphatic rings. The van der Waals surface area contributed by atoms with E-state index in [1.807, 2.05) is 12.1 Å². The van der Waals surface area contributed by atoms with Crippen molar-refractivity contribution in [1.82, 2.24) is 0 Å². The molecular formula is C15H16ClN. The van der Waals surface area contributed by atoms with Crippen molar-refractivity contribution in [3.05, 3.63) is 34.9 Å². The topological polar surface area (TPSA) is 23.8 Å². The Kier molecular flexibility index (Phi) is 2.64. The van der Waals surface area contributed by atoms with Crippen LogP contribution in [0, 0.1) is 28.6 Å². The van der Waals surface area contributed by atoms with Gasteiger partial charge >= 0.3 is 0 Å². The van der Waals surface area contributed by atoms with E-state index in [0.29, 0.717) is 5.92 Å². The number of hydrogen-bond donors (Lipinski definition) is 0. The van der Waals surface area contributed by atoms with Crippen LogP contribution in [0.3, 0.4) is 0 Å². The molecule has 2 aliphatic carbocycles. The minimum absolute atomic E-state index is 0.0866. The third-order valence-electron chi connectivity index (χ3n) is 4.63. The highest BCUT2D eigenvalue weighted by atomic mass is 35.5. The molecule has 1 aromatic rings. The lowest BCUT2D eigenvalue weighted by Crippen LogP contribution is -2.28. The van der Waals surface area contributed by atoms with Crippen LogP contribution >= 0.6 is 11.6 Å². The third-order valence-corrected chi connectivity index (χ3v) is 4.88. The molecule has 1 aromatic carbocycles. The molecule has 0 spiro atoms. The fourth-order valence-corrected chi connectivity index (χ4v) is 3.93. The number of benzene rings is 1. The fraction of sp³-hybridized carbons (Fsp3) is 0.533. The molecule has 1 nitrogen and oxygen atoms in total. The van der Waals surface area contributed by atoms with Crippen molar-refractivity contribution in [2.45, 2.75) is 32.1 Å². The van der Waals surface area contributed by atoms with Gasteiger partial charge in [0.1, 0.15) is 0 Å². The van der Waals surface area contributed by atoms with Gasteiger partial charge < -0.3 is 0 Å². The van der Waals surface area contributed by atoms with Crippen LogP contribution < -0.4 is 0 Å². The summed E-state index contributed by atoms with van der Waals surface area (Å²) in [5, 5.41) is 10.3. The zero-order valence-electron chi connectivity index (χ0n) is 9.82. The van der Waals surface area contributed by atoms with E-state index in [1.54, 1.807) is 0 Å². The number of halogens is 1. The molecule has 3 atom stereocenters. The Morgan fingerprint density at radius 2 is 2.06 bits per heavy atom. The van der Waals surface area contributed by atoms with Gasteiger partial charge in [0.2, 0.25) is 0 Å². The molecule has 88 valence electrons. The van der Waals surface area contributed by atoms with Crippen LogP contribution in [-0.4, -0.2) is 0 Å². The van der Waals surface area contributed by atoms with Gasteiger partial charge in [-0.1, -0.05) is 30.2 Å². The van der Waals surface area contributed by atoms with E-state index in [0.717, 1.165) is 23.8 Å². The van der Waals surface area contributed by atoms with Gasteiger partial charge in [0, 0.05) is 5.02 Å². The predicted octanol–water partition coefficient (Wildman–Crippen LogP) is 4.21. The monoisotopic (exact) mass is 245 g/mol. The van der Waals surface area contributed by atoms with Crippen molar-refractivity contribution in [3.63, 3.8) is 0 Å². The number of nitriles is 1. The zero-order valence-corrected chi connectivity index (χ0v) is 10.6. The van der Waals surface area contributed by atoms with Crippen LogP contribution in [0.1, 0.15) is 31.2 Å². The van der Waals surface area contributed by atoms with Gasteiger partial charge in [-0.2, -0.15) is 5.26 Å². The Morgan fingerprint density at radius 1 is 1.29 bits per heavy atom. The van der Waals surface area contributed by atoms with E-state index >= 15 is 0 Å². The summed E-state index contributed by atoms with van der Waals surface area (Å²) in [6.07, 6.45) is 5.89. The molecule has 2 saturated carbocycles. The van der Waals surface area contributed by atoms with Crippen molar-refractivity contribution in [2.75, 3.05) is 0 Å². The van der Waals surface area contributed by atoms with Crippen molar-refractivity contribution in [3.8, 4) is 6.07 Å². The van der Waals surface area contributed by atoms with Gasteiger partial charge in [-0.3, -0.25) is 0 Å². The van der Waals surface area contributed by atoms with Crippen LogP contribution in [0.4, 0.5) is 0 Å². The highest BCUT2D eigenvalue weighted by molar-refractivity contribution is 6.30. The van der Waals surface area contributed by atoms with Crippen molar-refractivity contribution >= 4 is 11.6 Å². The van der Waals surface area contributed by atoms with Crippen molar-refractivity contribution < 1.29 is 0 Å². The molecular weight excluding hydrogens is 230 g/mol. The van der Waals surface area contributed by atoms with Gasteiger partial charge in [0.05, 0.1) is 11.5 Å². The Balaban J connectivity index is 1.84. The average molecular weight is 246 g/mol. The van der Waals surface area contributed by atoms with Crippen LogP contribution in [0.2, 0.25) is 5.02 Å². The van der Waals surface area contributed by atoms with E-state index in [9.17, 15) is 5.26 Å². The molecule has 17 heavy (non-hydrogen) atoms. The van der Waals surface area contributed by atoms with Crippen molar-refractivity contribution in [1.29, 1.82) is 5.26 Å². The lowest BCUT2D eigenvalue weighted by molar-refractivity contribution is 0.239. The van der Waals surface area contributed by atoms with E-state index in [-0.39, 0.29) is 5.41 Å². The van der Waals surface area contributed by atoms with E-state index < -0.39 is 0 Å². The van der Waals surface area contributed by atoms with E-state index in [4.69, 9.17) is 11.6 Å². The SMILES string of the molecule is N#CC1(Cc2ccc(Cl)cc2)CC2CCC1C2. The second-order valence-electron chi connectivity index (χ2n) is 5.65. The number of fused-ring (bicyclic) bond motifs is 2. The maximum absolute atomic E-state index is 9.58. The summed E-state index contributed by atoms with van der Waals surface area (Å²) in [6, 6.07) is 10.6. The summed E-state index contributed by atoms with van der Waals surface area (Å²) in [7, 11) is 0. The minimum Gasteiger partial charge on any atom is -0.198 e. The van der Waals surface area contributed by atoms with Crippen LogP contribution in [-0.2, 0) is 6.42 Å². The lowest BCUT2D eigenvalue weighted by Gasteiger charge is -2.31. The Bertz CT molecular complexity index is 459. The maximum Gasteiger partial charge on any atom is 0.0696 e. The number of nitrogens with zero attached hydrogens (tertiary/aromatic N) is 1. The van der Waals surface area contributed by atoms with Gasteiger partial charge in [-0.15, -0.1) is 0 Å². The van der Waals surface area contributed by atoms with Gasteiger partial charge in [0.15, 0.2) is 0 Å². The largest absolute Gasteiger partial charge is 0.198 e. The molecule has 0 heterocycles. The van der Waals surface area contributed by atoms with Crippen LogP contribution in [0.5, 0.6) is 0 Å². The summed E-state index contributed by atoms with van der Waals surface area (Å²) >= 11 is 5.89. The van der Waals surface area contributed by atoms with Crippen LogP contribution in [0.15, 0.2) is 24.3 Å². The molecule has 2 fully saturated rings. The maximum atomic E-state index is 9.58. The summed E-state index contributed by atoms with van der Waals surface area (Å²) < 4.78 is 0. The molecule has 0 N–H and O–H groups in total. The standard InChI is InChI=1S/C15H16ClN/c16-14-5-2-11(3-6-14)8-15(10-17)9-12-1-4-13(15)7-12/h2-3,5-6,12-13H,1,4,7-9H2. The molecule has 0 aliphatic heterocycles. The number of hydrogen-bond acceptors (Lipinski definition) is 1. The first kappa shape index (κ1) is 11.1. The fourth-order valence-electron chi connectivity index (χ4n) is 3.80. The second-order valence-corrected chi connectivity index (χ2v) is 6.09. The molecule has 3 unspecified atom stereocenters. The van der Waals surface area contributed by atoms with E-state index in [1.165, 1.54) is 24.8 Å².